The molecular weight excluding hydrogens is 210 g/mol. The van der Waals surface area contributed by atoms with Gasteiger partial charge in [0, 0.05) is 12.6 Å². The van der Waals surface area contributed by atoms with E-state index in [1.54, 1.807) is 0 Å². The summed E-state index contributed by atoms with van der Waals surface area (Å²) < 4.78 is 0. The predicted octanol–water partition coefficient (Wildman–Crippen LogP) is 3.73. The third-order valence-electron chi connectivity index (χ3n) is 3.48. The van der Waals surface area contributed by atoms with E-state index in [-0.39, 0.29) is 0 Å². The first kappa shape index (κ1) is 16.9. The lowest BCUT2D eigenvalue weighted by Crippen LogP contribution is -2.31. The lowest BCUT2D eigenvalue weighted by molar-refractivity contribution is 0.245. The van der Waals surface area contributed by atoms with Gasteiger partial charge in [-0.3, -0.25) is 0 Å². The minimum Gasteiger partial charge on any atom is -0.396 e. The van der Waals surface area contributed by atoms with E-state index in [0.29, 0.717) is 18.6 Å². The van der Waals surface area contributed by atoms with Crippen LogP contribution in [0.3, 0.4) is 0 Å². The van der Waals surface area contributed by atoms with Gasteiger partial charge in [0.2, 0.25) is 0 Å². The van der Waals surface area contributed by atoms with Crippen LogP contribution in [0.1, 0.15) is 72.1 Å². The third-order valence-corrected chi connectivity index (χ3v) is 3.48. The number of hydrogen-bond acceptors (Lipinski definition) is 2. The second kappa shape index (κ2) is 12.4. The number of aliphatic hydroxyl groups is 1. The van der Waals surface area contributed by atoms with Crippen molar-refractivity contribution in [3.05, 3.63) is 0 Å². The fraction of sp³-hybridized carbons (Fsp3) is 1.00. The molecule has 0 amide bonds. The summed E-state index contributed by atoms with van der Waals surface area (Å²) in [6.07, 6.45) is 10.1. The maximum atomic E-state index is 9.00. The lowest BCUT2D eigenvalue weighted by Gasteiger charge is -2.19. The zero-order valence-corrected chi connectivity index (χ0v) is 12.2. The van der Waals surface area contributed by atoms with E-state index < -0.39 is 0 Å². The molecule has 2 unspecified atom stereocenters. The monoisotopic (exact) mass is 243 g/mol. The van der Waals surface area contributed by atoms with Crippen LogP contribution in [-0.4, -0.2) is 24.3 Å². The molecule has 0 aromatic heterocycles. The first-order chi connectivity index (χ1) is 8.24. The quantitative estimate of drug-likeness (QED) is 0.512. The Bertz CT molecular complexity index is 144. The molecule has 0 aliphatic carbocycles. The number of hydrogen-bond donors (Lipinski definition) is 2. The van der Waals surface area contributed by atoms with E-state index in [9.17, 15) is 0 Å². The highest BCUT2D eigenvalue weighted by molar-refractivity contribution is 4.66. The van der Waals surface area contributed by atoms with Gasteiger partial charge in [-0.05, 0) is 38.6 Å². The van der Waals surface area contributed by atoms with Crippen LogP contribution in [0, 0.1) is 5.92 Å². The molecule has 104 valence electrons. The molecule has 0 fully saturated rings. The van der Waals surface area contributed by atoms with E-state index in [1.807, 2.05) is 0 Å². The Kier molecular flexibility index (Phi) is 12.3. The zero-order valence-electron chi connectivity index (χ0n) is 12.2. The average molecular weight is 243 g/mol. The van der Waals surface area contributed by atoms with Crippen molar-refractivity contribution in [1.29, 1.82) is 0 Å². The molecule has 0 aliphatic rings. The average Bonchev–Trinajstić information content (AvgIpc) is 2.32. The van der Waals surface area contributed by atoms with Crippen LogP contribution in [-0.2, 0) is 0 Å². The van der Waals surface area contributed by atoms with Crippen LogP contribution >= 0.6 is 0 Å². The molecule has 17 heavy (non-hydrogen) atoms. The molecule has 0 spiro atoms. The maximum Gasteiger partial charge on any atom is 0.0434 e. The second-order valence-electron chi connectivity index (χ2n) is 5.33. The summed E-state index contributed by atoms with van der Waals surface area (Å²) in [7, 11) is 0. The maximum absolute atomic E-state index is 9.00. The molecule has 2 heteroatoms. The standard InChI is InChI=1S/C15H33NO/c1-4-6-7-8-10-14(3)16-13-15(9-5-2)11-12-17/h14-17H,4-13H2,1-3H3. The second-order valence-corrected chi connectivity index (χ2v) is 5.33. The Morgan fingerprint density at radius 2 is 1.71 bits per heavy atom. The minimum atomic E-state index is 0.331. The van der Waals surface area contributed by atoms with Crippen LogP contribution in [0.25, 0.3) is 0 Å². The van der Waals surface area contributed by atoms with Crippen LogP contribution < -0.4 is 5.32 Å². The van der Waals surface area contributed by atoms with Crippen LogP contribution in [0.2, 0.25) is 0 Å². The fourth-order valence-corrected chi connectivity index (χ4v) is 2.29. The van der Waals surface area contributed by atoms with Gasteiger partial charge in [0.15, 0.2) is 0 Å². The Labute approximate surface area is 108 Å². The van der Waals surface area contributed by atoms with Gasteiger partial charge in [0.25, 0.3) is 0 Å². The topological polar surface area (TPSA) is 32.3 Å². The summed E-state index contributed by atoms with van der Waals surface area (Å²) in [5.41, 5.74) is 0. The highest BCUT2D eigenvalue weighted by atomic mass is 16.3. The molecule has 0 aromatic rings. The van der Waals surface area contributed by atoms with E-state index in [0.717, 1.165) is 13.0 Å². The SMILES string of the molecule is CCCCCCC(C)NCC(CCC)CCO. The summed E-state index contributed by atoms with van der Waals surface area (Å²) in [6, 6.07) is 0.630. The normalized spacial score (nSPS) is 14.8. The molecular formula is C15H33NO. The van der Waals surface area contributed by atoms with Crippen molar-refractivity contribution >= 4 is 0 Å². The van der Waals surface area contributed by atoms with E-state index >= 15 is 0 Å². The van der Waals surface area contributed by atoms with E-state index in [4.69, 9.17) is 5.11 Å². The summed E-state index contributed by atoms with van der Waals surface area (Å²) in [5.74, 6) is 0.656. The molecule has 0 aromatic carbocycles. The molecule has 0 rings (SSSR count). The van der Waals surface area contributed by atoms with Crippen LogP contribution in [0.4, 0.5) is 0 Å². The highest BCUT2D eigenvalue weighted by Crippen LogP contribution is 2.11. The van der Waals surface area contributed by atoms with Crippen molar-refractivity contribution in [2.24, 2.45) is 5.92 Å². The highest BCUT2D eigenvalue weighted by Gasteiger charge is 2.08. The molecule has 2 nitrogen and oxygen atoms in total. The van der Waals surface area contributed by atoms with E-state index in [2.05, 4.69) is 26.1 Å². The summed E-state index contributed by atoms with van der Waals surface area (Å²) in [4.78, 5) is 0. The zero-order chi connectivity index (χ0) is 12.9. The molecule has 0 aliphatic heterocycles. The number of unbranched alkanes of at least 4 members (excludes halogenated alkanes) is 3. The predicted molar refractivity (Wildman–Crippen MR) is 76.3 cm³/mol. The molecule has 0 saturated heterocycles. The molecule has 0 saturated carbocycles. The summed E-state index contributed by atoms with van der Waals surface area (Å²) in [5, 5.41) is 12.6. The first-order valence-corrected chi connectivity index (χ1v) is 7.58. The van der Waals surface area contributed by atoms with Crippen molar-refractivity contribution in [1.82, 2.24) is 5.32 Å². The lowest BCUT2D eigenvalue weighted by atomic mass is 9.99. The summed E-state index contributed by atoms with van der Waals surface area (Å²) in [6.45, 7) is 8.17. The van der Waals surface area contributed by atoms with Gasteiger partial charge in [-0.25, -0.2) is 0 Å². The van der Waals surface area contributed by atoms with Crippen molar-refractivity contribution in [3.63, 3.8) is 0 Å². The van der Waals surface area contributed by atoms with Crippen LogP contribution in [0.15, 0.2) is 0 Å². The van der Waals surface area contributed by atoms with Gasteiger partial charge < -0.3 is 10.4 Å². The first-order valence-electron chi connectivity index (χ1n) is 7.58. The van der Waals surface area contributed by atoms with Crippen molar-refractivity contribution < 1.29 is 5.11 Å². The third kappa shape index (κ3) is 10.8. The van der Waals surface area contributed by atoms with Gasteiger partial charge in [0.05, 0.1) is 0 Å². The van der Waals surface area contributed by atoms with Gasteiger partial charge in [-0.2, -0.15) is 0 Å². The number of nitrogens with one attached hydrogen (secondary N) is 1. The van der Waals surface area contributed by atoms with Gasteiger partial charge >= 0.3 is 0 Å². The van der Waals surface area contributed by atoms with Gasteiger partial charge in [-0.15, -0.1) is 0 Å². The molecule has 0 radical (unpaired) electrons. The fourth-order valence-electron chi connectivity index (χ4n) is 2.29. The Balaban J connectivity index is 3.53. The van der Waals surface area contributed by atoms with Gasteiger partial charge in [-0.1, -0.05) is 46.0 Å². The summed E-state index contributed by atoms with van der Waals surface area (Å²) >= 11 is 0. The van der Waals surface area contributed by atoms with Crippen molar-refractivity contribution in [2.45, 2.75) is 78.2 Å². The van der Waals surface area contributed by atoms with Crippen molar-refractivity contribution in [3.8, 4) is 0 Å². The van der Waals surface area contributed by atoms with E-state index in [1.165, 1.54) is 44.9 Å². The number of rotatable bonds is 12. The molecule has 2 N–H and O–H groups in total. The number of aliphatic hydroxyl groups excluding tert-OH is 1. The Morgan fingerprint density at radius 1 is 0.941 bits per heavy atom. The Hall–Kier alpha value is -0.0800. The molecule has 0 heterocycles. The van der Waals surface area contributed by atoms with Gasteiger partial charge in [0.1, 0.15) is 0 Å². The largest absolute Gasteiger partial charge is 0.396 e. The Morgan fingerprint density at radius 3 is 2.29 bits per heavy atom. The molecule has 2 atom stereocenters. The smallest absolute Gasteiger partial charge is 0.0434 e. The molecule has 0 bridgehead atoms. The minimum absolute atomic E-state index is 0.331. The van der Waals surface area contributed by atoms with Crippen molar-refractivity contribution in [2.75, 3.05) is 13.2 Å². The van der Waals surface area contributed by atoms with Crippen LogP contribution in [0.5, 0.6) is 0 Å².